The van der Waals surface area contributed by atoms with Crippen LogP contribution in [0.15, 0.2) is 18.2 Å². The average molecular weight is 301 g/mol. The molecule has 19 heavy (non-hydrogen) atoms. The van der Waals surface area contributed by atoms with Gasteiger partial charge in [-0.2, -0.15) is 0 Å². The zero-order valence-corrected chi connectivity index (χ0v) is 11.7. The van der Waals surface area contributed by atoms with Crippen molar-refractivity contribution in [2.24, 2.45) is 5.73 Å². The minimum absolute atomic E-state index is 0.199. The first kappa shape index (κ1) is 14.3. The van der Waals surface area contributed by atoms with Crippen molar-refractivity contribution >= 4 is 34.9 Å². The average Bonchev–Trinajstić information content (AvgIpc) is 2.35. The summed E-state index contributed by atoms with van der Waals surface area (Å²) >= 11 is 12.3. The second-order valence-electron chi connectivity index (χ2n) is 4.51. The van der Waals surface area contributed by atoms with Crippen LogP contribution in [0.5, 0.6) is 0 Å². The van der Waals surface area contributed by atoms with Crippen molar-refractivity contribution in [1.29, 1.82) is 0 Å². The number of hydrogen-bond donors (Lipinski definition) is 1. The molecule has 0 aromatic heterocycles. The summed E-state index contributed by atoms with van der Waals surface area (Å²) in [6.07, 6.45) is 0.845. The van der Waals surface area contributed by atoms with E-state index in [1.807, 2.05) is 4.90 Å². The Labute approximate surface area is 121 Å². The van der Waals surface area contributed by atoms with Crippen LogP contribution in [-0.2, 0) is 9.59 Å². The Morgan fingerprint density at radius 3 is 2.21 bits per heavy atom. The molecule has 2 rings (SSSR count). The molecule has 1 aliphatic heterocycles. The molecule has 1 fully saturated rings. The number of rotatable bonds is 3. The third-order valence-corrected chi connectivity index (χ3v) is 3.92. The maximum Gasteiger partial charge on any atom is 0.239 e. The molecule has 1 aromatic rings. The Morgan fingerprint density at radius 2 is 1.74 bits per heavy atom. The highest BCUT2D eigenvalue weighted by molar-refractivity contribution is 6.36. The van der Waals surface area contributed by atoms with Crippen LogP contribution in [0.3, 0.4) is 0 Å². The molecule has 0 bridgehead atoms. The predicted molar refractivity (Wildman–Crippen MR) is 74.2 cm³/mol. The first-order valence-corrected chi connectivity index (χ1v) is 6.75. The van der Waals surface area contributed by atoms with Crippen LogP contribution in [0.1, 0.15) is 24.4 Å². The second-order valence-corrected chi connectivity index (χ2v) is 5.33. The van der Waals surface area contributed by atoms with E-state index in [1.54, 1.807) is 18.2 Å². The third-order valence-electron chi connectivity index (χ3n) is 3.26. The van der Waals surface area contributed by atoms with Crippen molar-refractivity contribution in [2.45, 2.75) is 18.9 Å². The van der Waals surface area contributed by atoms with Gasteiger partial charge in [-0.15, -0.1) is 0 Å². The molecule has 1 atom stereocenters. The fraction of sp³-hybridized carbons (Fsp3) is 0.385. The smallest absolute Gasteiger partial charge is 0.239 e. The normalized spacial score (nSPS) is 18.3. The largest absolute Gasteiger partial charge is 0.368 e. The summed E-state index contributed by atoms with van der Waals surface area (Å²) in [6, 6.07) is 4.38. The van der Waals surface area contributed by atoms with Crippen LogP contribution >= 0.6 is 23.2 Å². The van der Waals surface area contributed by atoms with Gasteiger partial charge in [0.15, 0.2) is 0 Å². The number of ketones is 1. The van der Waals surface area contributed by atoms with Gasteiger partial charge in [0, 0.05) is 41.5 Å². The number of hydrogen-bond acceptors (Lipinski definition) is 3. The van der Waals surface area contributed by atoms with E-state index in [0.29, 0.717) is 41.5 Å². The first-order valence-electron chi connectivity index (χ1n) is 5.99. The molecule has 1 amide bonds. The van der Waals surface area contributed by atoms with Gasteiger partial charge in [0.05, 0.1) is 0 Å². The van der Waals surface area contributed by atoms with Crippen LogP contribution < -0.4 is 5.73 Å². The molecule has 1 saturated heterocycles. The lowest BCUT2D eigenvalue weighted by Gasteiger charge is -2.33. The van der Waals surface area contributed by atoms with Gasteiger partial charge in [0.25, 0.3) is 0 Å². The molecule has 1 aromatic carbocycles. The summed E-state index contributed by atoms with van der Waals surface area (Å²) in [5, 5.41) is 0.821. The van der Waals surface area contributed by atoms with Gasteiger partial charge in [-0.1, -0.05) is 29.3 Å². The van der Waals surface area contributed by atoms with Gasteiger partial charge in [-0.05, 0) is 12.1 Å². The fourth-order valence-corrected chi connectivity index (χ4v) is 2.91. The minimum atomic E-state index is -0.686. The molecule has 0 radical (unpaired) electrons. The number of amides is 1. The van der Waals surface area contributed by atoms with E-state index < -0.39 is 11.9 Å². The van der Waals surface area contributed by atoms with Crippen LogP contribution in [0.25, 0.3) is 0 Å². The zero-order chi connectivity index (χ0) is 14.0. The van der Waals surface area contributed by atoms with Crippen molar-refractivity contribution in [2.75, 3.05) is 13.1 Å². The zero-order valence-electron chi connectivity index (χ0n) is 10.2. The van der Waals surface area contributed by atoms with Crippen LogP contribution in [0, 0.1) is 0 Å². The van der Waals surface area contributed by atoms with Crippen molar-refractivity contribution in [3.63, 3.8) is 0 Å². The number of primary amides is 1. The first-order chi connectivity index (χ1) is 9.00. The Bertz CT molecular complexity index is 489. The molecule has 102 valence electrons. The monoisotopic (exact) mass is 300 g/mol. The Hall–Kier alpha value is -1.10. The molecular formula is C13H14Cl2N2O2. The third kappa shape index (κ3) is 3.08. The van der Waals surface area contributed by atoms with Crippen LogP contribution in [-0.4, -0.2) is 29.7 Å². The lowest BCUT2D eigenvalue weighted by atomic mass is 10.0. The van der Waals surface area contributed by atoms with E-state index in [4.69, 9.17) is 28.9 Å². The highest BCUT2D eigenvalue weighted by Crippen LogP contribution is 2.34. The van der Waals surface area contributed by atoms with E-state index >= 15 is 0 Å². The molecular weight excluding hydrogens is 287 g/mol. The summed E-state index contributed by atoms with van der Waals surface area (Å²) in [5.41, 5.74) is 6.01. The van der Waals surface area contributed by atoms with E-state index in [9.17, 15) is 9.59 Å². The number of benzene rings is 1. The molecule has 1 heterocycles. The highest BCUT2D eigenvalue weighted by atomic mass is 35.5. The lowest BCUT2D eigenvalue weighted by Crippen LogP contribution is -2.42. The van der Waals surface area contributed by atoms with E-state index in [2.05, 4.69) is 0 Å². The number of nitrogens with two attached hydrogens (primary N) is 1. The number of carbonyl (C=O) groups excluding carboxylic acids is 2. The van der Waals surface area contributed by atoms with Crippen molar-refractivity contribution in [3.8, 4) is 0 Å². The van der Waals surface area contributed by atoms with Gasteiger partial charge in [0.2, 0.25) is 5.91 Å². The lowest BCUT2D eigenvalue weighted by molar-refractivity contribution is -0.128. The van der Waals surface area contributed by atoms with Gasteiger partial charge < -0.3 is 5.73 Å². The van der Waals surface area contributed by atoms with Crippen molar-refractivity contribution in [1.82, 2.24) is 4.90 Å². The second kappa shape index (κ2) is 5.90. The molecule has 0 saturated carbocycles. The van der Waals surface area contributed by atoms with E-state index in [1.165, 1.54) is 0 Å². The van der Waals surface area contributed by atoms with E-state index in [-0.39, 0.29) is 5.78 Å². The van der Waals surface area contributed by atoms with Gasteiger partial charge in [-0.3, -0.25) is 14.5 Å². The quantitative estimate of drug-likeness (QED) is 0.930. The number of halogens is 2. The summed E-state index contributed by atoms with van der Waals surface area (Å²) in [4.78, 5) is 24.9. The number of carbonyl (C=O) groups is 2. The Morgan fingerprint density at radius 1 is 1.21 bits per heavy atom. The van der Waals surface area contributed by atoms with Gasteiger partial charge in [0.1, 0.15) is 11.8 Å². The number of nitrogens with zero attached hydrogens (tertiary/aromatic N) is 1. The number of Topliss-reactive ketones (excluding diaryl/α,β-unsaturated/α-hetero) is 1. The standard InChI is InChI=1S/C13H14Cl2N2O2/c14-9-2-1-3-10(15)11(9)12(13(16)19)17-6-4-8(18)5-7-17/h1-3,12H,4-7H2,(H2,16,19). The molecule has 1 unspecified atom stereocenters. The molecule has 4 nitrogen and oxygen atoms in total. The van der Waals surface area contributed by atoms with Crippen molar-refractivity contribution < 1.29 is 9.59 Å². The van der Waals surface area contributed by atoms with Gasteiger partial charge in [-0.25, -0.2) is 0 Å². The highest BCUT2D eigenvalue weighted by Gasteiger charge is 2.31. The topological polar surface area (TPSA) is 63.4 Å². The summed E-state index contributed by atoms with van der Waals surface area (Å²) in [7, 11) is 0. The number of likely N-dealkylation sites (tertiary alicyclic amines) is 1. The van der Waals surface area contributed by atoms with Crippen molar-refractivity contribution in [3.05, 3.63) is 33.8 Å². The van der Waals surface area contributed by atoms with E-state index in [0.717, 1.165) is 0 Å². The van der Waals surface area contributed by atoms with Gasteiger partial charge >= 0.3 is 0 Å². The fourth-order valence-electron chi connectivity index (χ4n) is 2.31. The molecule has 6 heteroatoms. The molecule has 1 aliphatic rings. The summed E-state index contributed by atoms with van der Waals surface area (Å²) in [6.45, 7) is 0.988. The summed E-state index contributed by atoms with van der Waals surface area (Å²) < 4.78 is 0. The predicted octanol–water partition coefficient (Wildman–Crippen LogP) is 2.18. The minimum Gasteiger partial charge on any atom is -0.368 e. The number of piperidine rings is 1. The Kier molecular flexibility index (Phi) is 4.45. The van der Waals surface area contributed by atoms with Crippen LogP contribution in [0.2, 0.25) is 10.0 Å². The maximum absolute atomic E-state index is 11.8. The van der Waals surface area contributed by atoms with Crippen LogP contribution in [0.4, 0.5) is 0 Å². The maximum atomic E-state index is 11.8. The Balaban J connectivity index is 2.35. The summed E-state index contributed by atoms with van der Waals surface area (Å²) in [5.74, 6) is -0.311. The molecule has 0 spiro atoms. The SMILES string of the molecule is NC(=O)C(c1c(Cl)cccc1Cl)N1CCC(=O)CC1. The molecule has 0 aliphatic carbocycles. The molecule has 2 N–H and O–H groups in total.